The van der Waals surface area contributed by atoms with Gasteiger partial charge in [0.2, 0.25) is 0 Å². The minimum Gasteiger partial charge on any atom is -0.186 e. The molecule has 1 aromatic carbocycles. The largest absolute Gasteiger partial charge is 0.186 e. The van der Waals surface area contributed by atoms with Crippen molar-refractivity contribution in [2.75, 3.05) is 0 Å². The molecule has 0 amide bonds. The summed E-state index contributed by atoms with van der Waals surface area (Å²) in [5, 5.41) is 9.58. The molecule has 0 aromatic heterocycles. The predicted octanol–water partition coefficient (Wildman–Crippen LogP) is 4.17. The van der Waals surface area contributed by atoms with Gasteiger partial charge in [-0.15, -0.1) is 0 Å². The van der Waals surface area contributed by atoms with Gasteiger partial charge in [0.25, 0.3) is 0 Å². The van der Waals surface area contributed by atoms with Crippen molar-refractivity contribution in [3.63, 3.8) is 0 Å². The summed E-state index contributed by atoms with van der Waals surface area (Å²) in [7, 11) is 0. The summed E-state index contributed by atoms with van der Waals surface area (Å²) in [6.45, 7) is 7.07. The predicted molar refractivity (Wildman–Crippen MR) is 71.4 cm³/mol. The van der Waals surface area contributed by atoms with Crippen LogP contribution in [0.1, 0.15) is 39.2 Å². The molecule has 18 heavy (non-hydrogen) atoms. The summed E-state index contributed by atoms with van der Waals surface area (Å²) in [5.41, 5.74) is 1.49. The SMILES string of the molecule is CC1(C)[C@]2(C)N=N[C@@]1(c1ccccc1)[C@@H]1CC[C@H]12. The van der Waals surface area contributed by atoms with E-state index in [9.17, 15) is 0 Å². The Labute approximate surface area is 109 Å². The van der Waals surface area contributed by atoms with Crippen molar-refractivity contribution in [3.05, 3.63) is 35.9 Å². The topological polar surface area (TPSA) is 24.7 Å². The van der Waals surface area contributed by atoms with Crippen molar-refractivity contribution in [3.8, 4) is 0 Å². The minimum absolute atomic E-state index is 0.0474. The third kappa shape index (κ3) is 0.818. The Bertz CT molecular complexity index is 533. The maximum atomic E-state index is 4.84. The van der Waals surface area contributed by atoms with Crippen LogP contribution in [0.25, 0.3) is 0 Å². The third-order valence-corrected chi connectivity index (χ3v) is 6.38. The lowest BCUT2D eigenvalue weighted by atomic mass is 9.63. The molecule has 3 aliphatic rings. The van der Waals surface area contributed by atoms with Crippen LogP contribution in [-0.4, -0.2) is 5.54 Å². The average Bonchev–Trinajstić information content (AvgIpc) is 2.55. The van der Waals surface area contributed by atoms with E-state index in [4.69, 9.17) is 10.2 Å². The second-order valence-corrected chi connectivity index (χ2v) is 6.90. The van der Waals surface area contributed by atoms with E-state index in [-0.39, 0.29) is 16.5 Å². The number of nitrogens with zero attached hydrogens (tertiary/aromatic N) is 2. The molecule has 1 heterocycles. The van der Waals surface area contributed by atoms with Crippen molar-refractivity contribution >= 4 is 0 Å². The molecule has 4 rings (SSSR count). The van der Waals surface area contributed by atoms with Gasteiger partial charge in [0.05, 0.1) is 5.54 Å². The van der Waals surface area contributed by atoms with Gasteiger partial charge in [-0.3, -0.25) is 0 Å². The lowest BCUT2D eigenvalue weighted by Gasteiger charge is -2.44. The van der Waals surface area contributed by atoms with Gasteiger partial charge < -0.3 is 0 Å². The fourth-order valence-electron chi connectivity index (χ4n) is 4.89. The lowest BCUT2D eigenvalue weighted by molar-refractivity contribution is 0.0904. The molecule has 0 unspecified atom stereocenters. The third-order valence-electron chi connectivity index (χ3n) is 6.38. The molecule has 94 valence electrons. The molecule has 2 bridgehead atoms. The average molecular weight is 240 g/mol. The van der Waals surface area contributed by atoms with Gasteiger partial charge in [0.1, 0.15) is 5.54 Å². The Morgan fingerprint density at radius 1 is 0.944 bits per heavy atom. The van der Waals surface area contributed by atoms with Crippen LogP contribution in [0.4, 0.5) is 0 Å². The van der Waals surface area contributed by atoms with Crippen molar-refractivity contribution in [2.45, 2.75) is 44.7 Å². The van der Waals surface area contributed by atoms with Crippen molar-refractivity contribution < 1.29 is 0 Å². The summed E-state index contributed by atoms with van der Waals surface area (Å²) >= 11 is 0. The molecule has 0 radical (unpaired) electrons. The zero-order valence-electron chi connectivity index (χ0n) is 11.4. The molecule has 0 spiro atoms. The Morgan fingerprint density at radius 3 is 2.17 bits per heavy atom. The molecular weight excluding hydrogens is 220 g/mol. The normalized spacial score (nSPS) is 46.8. The molecule has 1 aliphatic heterocycles. The van der Waals surface area contributed by atoms with Gasteiger partial charge in [-0.2, -0.15) is 10.2 Å². The van der Waals surface area contributed by atoms with Gasteiger partial charge in [0, 0.05) is 5.41 Å². The quantitative estimate of drug-likeness (QED) is 0.703. The smallest absolute Gasteiger partial charge is 0.117 e. The van der Waals surface area contributed by atoms with E-state index < -0.39 is 0 Å². The number of azo groups is 1. The first-order chi connectivity index (χ1) is 8.54. The Morgan fingerprint density at radius 2 is 1.61 bits per heavy atom. The van der Waals surface area contributed by atoms with E-state index in [1.54, 1.807) is 0 Å². The Hall–Kier alpha value is -1.18. The van der Waals surface area contributed by atoms with Crippen LogP contribution in [0.3, 0.4) is 0 Å². The van der Waals surface area contributed by atoms with E-state index >= 15 is 0 Å². The number of rotatable bonds is 1. The van der Waals surface area contributed by atoms with Gasteiger partial charge >= 0.3 is 0 Å². The highest BCUT2D eigenvalue weighted by atomic mass is 15.3. The maximum Gasteiger partial charge on any atom is 0.117 e. The van der Waals surface area contributed by atoms with Crippen molar-refractivity contribution in [1.82, 2.24) is 0 Å². The minimum atomic E-state index is -0.0636. The first kappa shape index (κ1) is 10.7. The standard InChI is InChI=1S/C16H20N2/c1-14(2)15(3)12-9-10-13(12)16(14,18-17-15)11-7-5-4-6-8-11/h4-8,12-13H,9-10H2,1-3H3/t12-,13-,15-,16+/m1/s1. The molecule has 2 fully saturated rings. The molecule has 0 N–H and O–H groups in total. The number of fused-ring (bicyclic) bond motifs is 5. The summed E-state index contributed by atoms with van der Waals surface area (Å²) in [4.78, 5) is 0. The molecule has 4 atom stereocenters. The fourth-order valence-corrected chi connectivity index (χ4v) is 4.89. The van der Waals surface area contributed by atoms with Crippen molar-refractivity contribution in [1.29, 1.82) is 0 Å². The van der Waals surface area contributed by atoms with Crippen LogP contribution in [0.2, 0.25) is 0 Å². The van der Waals surface area contributed by atoms with Crippen LogP contribution < -0.4 is 0 Å². The molecule has 0 saturated heterocycles. The molecule has 2 heteroatoms. The Balaban J connectivity index is 1.98. The van der Waals surface area contributed by atoms with Gasteiger partial charge in [0.15, 0.2) is 0 Å². The molecular formula is C16H20N2. The summed E-state index contributed by atoms with van der Waals surface area (Å²) in [5.74, 6) is 1.45. The van der Waals surface area contributed by atoms with Gasteiger partial charge in [-0.1, -0.05) is 44.2 Å². The lowest BCUT2D eigenvalue weighted by Crippen LogP contribution is -2.43. The van der Waals surface area contributed by atoms with E-state index in [2.05, 4.69) is 51.1 Å². The van der Waals surface area contributed by atoms with Gasteiger partial charge in [-0.25, -0.2) is 0 Å². The Kier molecular flexibility index (Phi) is 1.71. The van der Waals surface area contributed by atoms with E-state index in [0.29, 0.717) is 5.92 Å². The molecule has 2 saturated carbocycles. The monoisotopic (exact) mass is 240 g/mol. The van der Waals surface area contributed by atoms with Crippen LogP contribution in [-0.2, 0) is 5.54 Å². The summed E-state index contributed by atoms with van der Waals surface area (Å²) < 4.78 is 0. The number of hydrogen-bond acceptors (Lipinski definition) is 2. The van der Waals surface area contributed by atoms with Gasteiger partial charge in [-0.05, 0) is 37.2 Å². The van der Waals surface area contributed by atoms with E-state index in [0.717, 1.165) is 5.92 Å². The zero-order chi connectivity index (χ0) is 12.6. The summed E-state index contributed by atoms with van der Waals surface area (Å²) in [6.07, 6.45) is 2.65. The second-order valence-electron chi connectivity index (χ2n) is 6.90. The summed E-state index contributed by atoms with van der Waals surface area (Å²) in [6, 6.07) is 10.8. The first-order valence-electron chi connectivity index (χ1n) is 7.04. The molecule has 1 aromatic rings. The van der Waals surface area contributed by atoms with Crippen LogP contribution in [0, 0.1) is 17.3 Å². The van der Waals surface area contributed by atoms with Crippen molar-refractivity contribution in [2.24, 2.45) is 27.5 Å². The number of hydrogen-bond donors (Lipinski definition) is 0. The highest BCUT2D eigenvalue weighted by molar-refractivity contribution is 5.40. The molecule has 2 nitrogen and oxygen atoms in total. The second kappa shape index (κ2) is 2.87. The zero-order valence-corrected chi connectivity index (χ0v) is 11.4. The van der Waals surface area contributed by atoms with Crippen LogP contribution >= 0.6 is 0 Å². The highest BCUT2D eigenvalue weighted by Crippen LogP contribution is 2.75. The maximum absolute atomic E-state index is 4.84. The van der Waals surface area contributed by atoms with E-state index in [1.165, 1.54) is 18.4 Å². The number of benzene rings is 1. The fraction of sp³-hybridized carbons (Fsp3) is 0.625. The van der Waals surface area contributed by atoms with E-state index in [1.807, 2.05) is 0 Å². The first-order valence-corrected chi connectivity index (χ1v) is 7.04. The highest BCUT2D eigenvalue weighted by Gasteiger charge is 2.77. The molecule has 2 aliphatic carbocycles. The van der Waals surface area contributed by atoms with Crippen LogP contribution in [0.15, 0.2) is 40.6 Å². The van der Waals surface area contributed by atoms with Crippen LogP contribution in [0.5, 0.6) is 0 Å².